The van der Waals surface area contributed by atoms with E-state index in [1.807, 2.05) is 13.0 Å². The summed E-state index contributed by atoms with van der Waals surface area (Å²) in [5.41, 5.74) is 12.3. The summed E-state index contributed by atoms with van der Waals surface area (Å²) in [4.78, 5) is 0. The third-order valence-electron chi connectivity index (χ3n) is 2.26. The molecule has 0 heterocycles. The molecular formula is C11H15N3S. The highest BCUT2D eigenvalue weighted by Gasteiger charge is 1.99. The van der Waals surface area contributed by atoms with Crippen LogP contribution in [0.25, 0.3) is 0 Å². The van der Waals surface area contributed by atoms with Gasteiger partial charge in [0.1, 0.15) is 0 Å². The Kier molecular flexibility index (Phi) is 3.80. The standard InChI is InChI=1S/C11H15N3S/c1-7-4-5-10(6-8(7)2)9(3)13-14-11(12)15/h4-6H,1-3H3,(H3,12,14,15). The van der Waals surface area contributed by atoms with E-state index < -0.39 is 0 Å². The molecule has 0 aliphatic rings. The van der Waals surface area contributed by atoms with Crippen molar-refractivity contribution in [3.8, 4) is 0 Å². The molecule has 0 aliphatic heterocycles. The molecular weight excluding hydrogens is 206 g/mol. The molecule has 0 aliphatic carbocycles. The molecule has 0 atom stereocenters. The number of benzene rings is 1. The van der Waals surface area contributed by atoms with Crippen LogP contribution in [0.2, 0.25) is 0 Å². The summed E-state index contributed by atoms with van der Waals surface area (Å²) in [6.07, 6.45) is 0. The fraction of sp³-hybridized carbons (Fsp3) is 0.273. The van der Waals surface area contributed by atoms with Crippen LogP contribution in [0, 0.1) is 13.8 Å². The molecule has 0 fully saturated rings. The van der Waals surface area contributed by atoms with E-state index in [0.29, 0.717) is 0 Å². The van der Waals surface area contributed by atoms with E-state index in [0.717, 1.165) is 11.3 Å². The summed E-state index contributed by atoms with van der Waals surface area (Å²) in [6, 6.07) is 6.20. The van der Waals surface area contributed by atoms with Crippen LogP contribution in [0.3, 0.4) is 0 Å². The smallest absolute Gasteiger partial charge is 0.184 e. The number of hydrogen-bond donors (Lipinski definition) is 2. The summed E-state index contributed by atoms with van der Waals surface area (Å²) in [5.74, 6) is 0. The van der Waals surface area contributed by atoms with Crippen molar-refractivity contribution < 1.29 is 0 Å². The Bertz CT molecular complexity index is 410. The second kappa shape index (κ2) is 4.89. The van der Waals surface area contributed by atoms with Gasteiger partial charge in [0.25, 0.3) is 0 Å². The molecule has 1 aromatic rings. The molecule has 1 rings (SSSR count). The predicted octanol–water partition coefficient (Wildman–Crippen LogP) is 1.86. The lowest BCUT2D eigenvalue weighted by atomic mass is 10.0. The van der Waals surface area contributed by atoms with Crippen LogP contribution in [0.15, 0.2) is 23.3 Å². The summed E-state index contributed by atoms with van der Waals surface area (Å²) < 4.78 is 0. The SMILES string of the molecule is CC(=NNC(N)=S)c1ccc(C)c(C)c1. The lowest BCUT2D eigenvalue weighted by Gasteiger charge is -2.05. The Morgan fingerprint density at radius 2 is 2.00 bits per heavy atom. The molecule has 0 bridgehead atoms. The van der Waals surface area contributed by atoms with Gasteiger partial charge in [-0.15, -0.1) is 0 Å². The van der Waals surface area contributed by atoms with Crippen LogP contribution in [-0.2, 0) is 0 Å². The number of nitrogens with two attached hydrogens (primary N) is 1. The lowest BCUT2D eigenvalue weighted by Crippen LogP contribution is -2.25. The molecule has 3 nitrogen and oxygen atoms in total. The molecule has 4 heteroatoms. The van der Waals surface area contributed by atoms with E-state index in [4.69, 9.17) is 5.73 Å². The van der Waals surface area contributed by atoms with E-state index in [2.05, 4.69) is 48.7 Å². The number of nitrogens with zero attached hydrogens (tertiary/aromatic N) is 1. The van der Waals surface area contributed by atoms with E-state index in [1.54, 1.807) is 0 Å². The Balaban J connectivity index is 2.91. The maximum atomic E-state index is 5.29. The van der Waals surface area contributed by atoms with Gasteiger partial charge in [0.15, 0.2) is 5.11 Å². The number of thiocarbonyl (C=S) groups is 1. The van der Waals surface area contributed by atoms with Crippen LogP contribution >= 0.6 is 12.2 Å². The van der Waals surface area contributed by atoms with Gasteiger partial charge in [-0.05, 0) is 55.7 Å². The molecule has 15 heavy (non-hydrogen) atoms. The minimum Gasteiger partial charge on any atom is -0.375 e. The zero-order chi connectivity index (χ0) is 11.4. The highest BCUT2D eigenvalue weighted by molar-refractivity contribution is 7.80. The van der Waals surface area contributed by atoms with Crippen LogP contribution in [0.4, 0.5) is 0 Å². The molecule has 0 saturated heterocycles. The van der Waals surface area contributed by atoms with Crippen LogP contribution in [-0.4, -0.2) is 10.8 Å². The van der Waals surface area contributed by atoms with Crippen LogP contribution < -0.4 is 11.2 Å². The highest BCUT2D eigenvalue weighted by Crippen LogP contribution is 2.10. The van der Waals surface area contributed by atoms with Crippen molar-refractivity contribution in [3.05, 3.63) is 34.9 Å². The van der Waals surface area contributed by atoms with Crippen molar-refractivity contribution in [1.82, 2.24) is 5.43 Å². The number of aryl methyl sites for hydroxylation is 2. The van der Waals surface area contributed by atoms with Gasteiger partial charge in [-0.25, -0.2) is 0 Å². The first kappa shape index (κ1) is 11.7. The van der Waals surface area contributed by atoms with Gasteiger partial charge in [-0.3, -0.25) is 5.43 Å². The number of hydrazone groups is 1. The van der Waals surface area contributed by atoms with Crippen molar-refractivity contribution in [2.45, 2.75) is 20.8 Å². The summed E-state index contributed by atoms with van der Waals surface area (Å²) in [5, 5.41) is 4.24. The topological polar surface area (TPSA) is 50.4 Å². The van der Waals surface area contributed by atoms with Crippen molar-refractivity contribution >= 4 is 23.0 Å². The summed E-state index contributed by atoms with van der Waals surface area (Å²) in [7, 11) is 0. The maximum Gasteiger partial charge on any atom is 0.184 e. The Labute approximate surface area is 95.4 Å². The van der Waals surface area contributed by atoms with Gasteiger partial charge in [-0.2, -0.15) is 5.10 Å². The Morgan fingerprint density at radius 3 is 2.53 bits per heavy atom. The lowest BCUT2D eigenvalue weighted by molar-refractivity contribution is 1.03. The maximum absolute atomic E-state index is 5.29. The van der Waals surface area contributed by atoms with Gasteiger partial charge in [-0.1, -0.05) is 12.1 Å². The summed E-state index contributed by atoms with van der Waals surface area (Å²) in [6.45, 7) is 6.07. The second-order valence-electron chi connectivity index (χ2n) is 3.47. The third kappa shape index (κ3) is 3.32. The molecule has 0 saturated carbocycles. The van der Waals surface area contributed by atoms with Gasteiger partial charge in [0.2, 0.25) is 0 Å². The van der Waals surface area contributed by atoms with Crippen LogP contribution in [0.1, 0.15) is 23.6 Å². The zero-order valence-electron chi connectivity index (χ0n) is 9.16. The molecule has 3 N–H and O–H groups in total. The fourth-order valence-corrected chi connectivity index (χ4v) is 1.22. The van der Waals surface area contributed by atoms with Gasteiger partial charge < -0.3 is 5.73 Å². The van der Waals surface area contributed by atoms with Gasteiger partial charge >= 0.3 is 0 Å². The number of hydrogen-bond acceptors (Lipinski definition) is 2. The zero-order valence-corrected chi connectivity index (χ0v) is 9.98. The molecule has 1 aromatic carbocycles. The average Bonchev–Trinajstić information content (AvgIpc) is 2.18. The molecule has 0 aromatic heterocycles. The number of rotatable bonds is 2. The first-order valence-corrected chi connectivity index (χ1v) is 5.09. The second-order valence-corrected chi connectivity index (χ2v) is 3.91. The molecule has 0 unspecified atom stereocenters. The van der Waals surface area contributed by atoms with Crippen molar-refractivity contribution in [1.29, 1.82) is 0 Å². The van der Waals surface area contributed by atoms with E-state index in [1.165, 1.54) is 11.1 Å². The molecule has 0 spiro atoms. The number of nitrogens with one attached hydrogen (secondary N) is 1. The normalized spacial score (nSPS) is 11.3. The van der Waals surface area contributed by atoms with Gasteiger partial charge in [0, 0.05) is 0 Å². The molecule has 0 amide bonds. The van der Waals surface area contributed by atoms with E-state index in [-0.39, 0.29) is 5.11 Å². The van der Waals surface area contributed by atoms with Gasteiger partial charge in [0.05, 0.1) is 5.71 Å². The quantitative estimate of drug-likeness (QED) is 0.455. The molecule has 80 valence electrons. The average molecular weight is 221 g/mol. The first-order chi connectivity index (χ1) is 7.00. The van der Waals surface area contributed by atoms with E-state index in [9.17, 15) is 0 Å². The minimum absolute atomic E-state index is 0.179. The Hall–Kier alpha value is -1.42. The predicted molar refractivity (Wildman–Crippen MR) is 68.0 cm³/mol. The Morgan fingerprint density at radius 1 is 1.33 bits per heavy atom. The van der Waals surface area contributed by atoms with Crippen molar-refractivity contribution in [2.24, 2.45) is 10.8 Å². The largest absolute Gasteiger partial charge is 0.375 e. The monoisotopic (exact) mass is 221 g/mol. The third-order valence-corrected chi connectivity index (χ3v) is 2.35. The van der Waals surface area contributed by atoms with Crippen molar-refractivity contribution in [2.75, 3.05) is 0 Å². The fourth-order valence-electron chi connectivity index (χ4n) is 1.17. The summed E-state index contributed by atoms with van der Waals surface area (Å²) >= 11 is 4.67. The molecule has 0 radical (unpaired) electrons. The highest BCUT2D eigenvalue weighted by atomic mass is 32.1. The van der Waals surface area contributed by atoms with E-state index >= 15 is 0 Å². The minimum atomic E-state index is 0.179. The van der Waals surface area contributed by atoms with Crippen LogP contribution in [0.5, 0.6) is 0 Å². The first-order valence-electron chi connectivity index (χ1n) is 4.68. The van der Waals surface area contributed by atoms with Crippen molar-refractivity contribution in [3.63, 3.8) is 0 Å².